The van der Waals surface area contributed by atoms with Gasteiger partial charge in [-0.1, -0.05) is 41.4 Å². The largest absolute Gasteiger partial charge is 0.508 e. The Bertz CT molecular complexity index is 2640. The predicted octanol–water partition coefficient (Wildman–Crippen LogP) is 8.86. The van der Waals surface area contributed by atoms with Gasteiger partial charge in [0.1, 0.15) is 17.3 Å². The Morgan fingerprint density at radius 1 is 0.820 bits per heavy atom. The summed E-state index contributed by atoms with van der Waals surface area (Å²) in [7, 11) is 5.36. The van der Waals surface area contributed by atoms with Crippen molar-refractivity contribution in [2.75, 3.05) is 36.4 Å². The van der Waals surface area contributed by atoms with Crippen molar-refractivity contribution < 1.29 is 33.4 Å². The number of phenolic OH excluding ortho intramolecular Hbond substituents is 1. The van der Waals surface area contributed by atoms with E-state index in [1.165, 1.54) is 48.4 Å². The monoisotopic (exact) mass is 838 g/mol. The van der Waals surface area contributed by atoms with Crippen LogP contribution >= 0.6 is 11.6 Å². The summed E-state index contributed by atoms with van der Waals surface area (Å²) < 4.78 is 19.8. The van der Waals surface area contributed by atoms with Crippen LogP contribution in [0.3, 0.4) is 0 Å². The number of nitrogens with zero attached hydrogens (tertiary/aromatic N) is 5. The maximum atomic E-state index is 15.4. The molecule has 5 aromatic carbocycles. The number of benzene rings is 5. The van der Waals surface area contributed by atoms with Crippen molar-refractivity contribution in [3.63, 3.8) is 0 Å². The number of halogens is 2. The molecule has 5 aromatic rings. The van der Waals surface area contributed by atoms with Crippen molar-refractivity contribution in [3.05, 3.63) is 149 Å². The fraction of sp³-hybridized carbons (Fsp3) is 0.234. The zero-order valence-corrected chi connectivity index (χ0v) is 34.1. The summed E-state index contributed by atoms with van der Waals surface area (Å²) in [5.41, 5.74) is 5.96. The first-order valence-corrected chi connectivity index (χ1v) is 20.2. The van der Waals surface area contributed by atoms with Crippen molar-refractivity contribution in [3.8, 4) is 11.5 Å². The van der Waals surface area contributed by atoms with E-state index in [0.717, 1.165) is 10.7 Å². The minimum absolute atomic E-state index is 0.0560. The first-order valence-electron chi connectivity index (χ1n) is 19.8. The van der Waals surface area contributed by atoms with Crippen LogP contribution in [0.25, 0.3) is 0 Å². The smallest absolute Gasteiger partial charge is 0.260 e. The average molecular weight is 839 g/mol. The third-order valence-electron chi connectivity index (χ3n) is 12.5. The molecule has 1 saturated carbocycles. The highest BCUT2D eigenvalue weighted by molar-refractivity contribution is 6.30. The molecule has 3 fully saturated rings. The van der Waals surface area contributed by atoms with E-state index < -0.39 is 58.5 Å². The van der Waals surface area contributed by atoms with Crippen LogP contribution in [0, 0.1) is 29.5 Å². The molecule has 0 radical (unpaired) electrons. The third kappa shape index (κ3) is 6.51. The molecular formula is C47H40ClFN6O6. The number of hydrogen-bond donors (Lipinski definition) is 2. The number of carbonyl (C=O) groups is 4. The van der Waals surface area contributed by atoms with Crippen LogP contribution in [-0.2, 0) is 24.6 Å². The number of hydrogen-bond acceptors (Lipinski definition) is 10. The molecule has 61 heavy (non-hydrogen) atoms. The van der Waals surface area contributed by atoms with Crippen LogP contribution in [0.2, 0.25) is 5.02 Å². The number of methoxy groups -OCH3 is 1. The van der Waals surface area contributed by atoms with Crippen molar-refractivity contribution in [1.82, 2.24) is 5.01 Å². The van der Waals surface area contributed by atoms with Crippen molar-refractivity contribution in [1.29, 1.82) is 0 Å². The number of aromatic hydroxyl groups is 1. The number of fused-ring (bicyclic) bond motifs is 4. The lowest BCUT2D eigenvalue weighted by Gasteiger charge is -2.50. The standard InChI is InChI=1S/C47H40ClFN6O6/c1-53(2)32-16-12-29(13-17-32)50-51-30-14-18-33(19-15-30)54-43(57)37-23-22-35-38(41(37)45(54)59)25-39-44(58)55(52-31-10-8-28(49)9-11-31)46(60)47(39,26-4-6-27(48)7-5-26)42(35)36-21-20-34(56)24-40(36)61-3/h4-22,24,37-39,41-42,52,56H,23,25H2,1-3H3/t37-,38+,39-,41-,42+,47+/m0/s1. The van der Waals surface area contributed by atoms with Gasteiger partial charge in [-0.2, -0.15) is 15.2 Å². The van der Waals surface area contributed by atoms with Gasteiger partial charge in [0.15, 0.2) is 0 Å². The van der Waals surface area contributed by atoms with E-state index in [0.29, 0.717) is 44.5 Å². The lowest BCUT2D eigenvalue weighted by Crippen LogP contribution is -2.53. The summed E-state index contributed by atoms with van der Waals surface area (Å²) in [6.45, 7) is 0. The van der Waals surface area contributed by atoms with E-state index in [9.17, 15) is 23.9 Å². The number of rotatable bonds is 9. The Labute approximate surface area is 355 Å². The van der Waals surface area contributed by atoms with E-state index in [1.54, 1.807) is 54.6 Å². The topological polar surface area (TPSA) is 144 Å². The molecule has 0 spiro atoms. The fourth-order valence-corrected chi connectivity index (χ4v) is 9.92. The second-order valence-electron chi connectivity index (χ2n) is 15.9. The van der Waals surface area contributed by atoms with Gasteiger partial charge in [0.25, 0.3) is 11.8 Å². The number of carbonyl (C=O) groups excluding carboxylic acids is 4. The van der Waals surface area contributed by atoms with Crippen molar-refractivity contribution in [2.24, 2.45) is 33.9 Å². The lowest BCUT2D eigenvalue weighted by atomic mass is 9.49. The Hall–Kier alpha value is -6.86. The van der Waals surface area contributed by atoms with Crippen LogP contribution in [0.1, 0.15) is 29.9 Å². The summed E-state index contributed by atoms with van der Waals surface area (Å²) in [4.78, 5) is 62.7. The number of allylic oxidation sites excluding steroid dienone is 2. The highest BCUT2D eigenvalue weighted by atomic mass is 35.5. The normalized spacial score (nSPS) is 24.4. The molecular weight excluding hydrogens is 799 g/mol. The summed E-state index contributed by atoms with van der Waals surface area (Å²) >= 11 is 6.40. The molecule has 9 rings (SSSR count). The zero-order chi connectivity index (χ0) is 42.7. The van der Waals surface area contributed by atoms with Gasteiger partial charge in [0, 0.05) is 42.4 Å². The Morgan fingerprint density at radius 3 is 2.11 bits per heavy atom. The molecule has 2 N–H and O–H groups in total. The molecule has 14 heteroatoms. The number of azo groups is 1. The molecule has 2 aliphatic heterocycles. The average Bonchev–Trinajstić information content (AvgIpc) is 3.64. The molecule has 6 atom stereocenters. The molecule has 2 saturated heterocycles. The Kier molecular flexibility index (Phi) is 9.94. The second-order valence-corrected chi connectivity index (χ2v) is 16.4. The highest BCUT2D eigenvalue weighted by Crippen LogP contribution is 2.65. The van der Waals surface area contributed by atoms with E-state index in [2.05, 4.69) is 15.7 Å². The van der Waals surface area contributed by atoms with Gasteiger partial charge in [0.05, 0.1) is 53.0 Å². The third-order valence-corrected chi connectivity index (χ3v) is 12.8. The van der Waals surface area contributed by atoms with Gasteiger partial charge in [0.2, 0.25) is 11.8 Å². The Morgan fingerprint density at radius 2 is 1.48 bits per heavy atom. The number of hydrazine groups is 1. The fourth-order valence-electron chi connectivity index (χ4n) is 9.79. The van der Waals surface area contributed by atoms with Gasteiger partial charge in [-0.3, -0.25) is 29.5 Å². The van der Waals surface area contributed by atoms with Gasteiger partial charge in [-0.15, -0.1) is 0 Å². The predicted molar refractivity (Wildman–Crippen MR) is 228 cm³/mol. The summed E-state index contributed by atoms with van der Waals surface area (Å²) in [5, 5.41) is 20.7. The summed E-state index contributed by atoms with van der Waals surface area (Å²) in [5.74, 6) is -6.39. The number of nitrogens with one attached hydrogen (secondary N) is 1. The molecule has 4 aliphatic rings. The highest BCUT2D eigenvalue weighted by Gasteiger charge is 2.70. The first kappa shape index (κ1) is 39.6. The minimum atomic E-state index is -1.61. The SMILES string of the molecule is COc1cc(O)ccc1[C@H]1C2=CC[C@@H]3C(=O)N(c4ccc(N=Nc5ccc(N(C)C)cc5)cc4)C(=O)[C@@H]3[C@@H]2C[C@H]2C(=O)N(Nc3ccc(F)cc3)C(=O)[C@@]12c1ccc(Cl)cc1. The van der Waals surface area contributed by atoms with Gasteiger partial charge in [-0.25, -0.2) is 4.39 Å². The van der Waals surface area contributed by atoms with E-state index in [4.69, 9.17) is 16.3 Å². The molecule has 0 aromatic heterocycles. The van der Waals surface area contributed by atoms with Crippen LogP contribution in [-0.4, -0.2) is 54.9 Å². The minimum Gasteiger partial charge on any atom is -0.508 e. The van der Waals surface area contributed by atoms with Crippen LogP contribution in [0.4, 0.5) is 32.8 Å². The van der Waals surface area contributed by atoms with Gasteiger partial charge < -0.3 is 14.7 Å². The number of ether oxygens (including phenoxy) is 1. The van der Waals surface area contributed by atoms with Crippen LogP contribution < -0.4 is 20.0 Å². The zero-order valence-electron chi connectivity index (χ0n) is 33.3. The maximum absolute atomic E-state index is 15.4. The number of imide groups is 2. The van der Waals surface area contributed by atoms with E-state index >= 15 is 4.79 Å². The molecule has 2 heterocycles. The molecule has 2 aliphatic carbocycles. The molecule has 4 amide bonds. The number of phenols is 1. The molecule has 0 unspecified atom stereocenters. The molecule has 308 valence electrons. The summed E-state index contributed by atoms with van der Waals surface area (Å²) in [6.07, 6.45) is 2.20. The van der Waals surface area contributed by atoms with E-state index in [-0.39, 0.29) is 30.2 Å². The second kappa shape index (κ2) is 15.3. The molecule has 0 bridgehead atoms. The van der Waals surface area contributed by atoms with Crippen LogP contribution in [0.5, 0.6) is 11.5 Å². The maximum Gasteiger partial charge on any atom is 0.260 e. The number of anilines is 3. The van der Waals surface area contributed by atoms with Gasteiger partial charge in [-0.05, 0) is 115 Å². The lowest BCUT2D eigenvalue weighted by molar-refractivity contribution is -0.138. The first-order chi connectivity index (χ1) is 29.4. The van der Waals surface area contributed by atoms with Gasteiger partial charge >= 0.3 is 0 Å². The Balaban J connectivity index is 1.12. The van der Waals surface area contributed by atoms with E-state index in [1.807, 2.05) is 49.3 Å². The summed E-state index contributed by atoms with van der Waals surface area (Å²) in [6, 6.07) is 31.0. The van der Waals surface area contributed by atoms with Crippen LogP contribution in [0.15, 0.2) is 137 Å². The van der Waals surface area contributed by atoms with Crippen molar-refractivity contribution in [2.45, 2.75) is 24.2 Å². The van der Waals surface area contributed by atoms with Crippen molar-refractivity contribution >= 4 is 63.7 Å². The quantitative estimate of drug-likeness (QED) is 0.0852. The molecule has 12 nitrogen and oxygen atoms in total. The number of amides is 4.